The molecular weight excluding hydrogens is 176 g/mol. The van der Waals surface area contributed by atoms with E-state index >= 15 is 0 Å². The SMILES string of the molecule is C=CCC(C)NC(=O)CC1CCCN1. The molecule has 0 aromatic heterocycles. The third kappa shape index (κ3) is 3.92. The molecule has 1 amide bonds. The van der Waals surface area contributed by atoms with Crippen molar-refractivity contribution in [2.75, 3.05) is 6.54 Å². The van der Waals surface area contributed by atoms with Crippen LogP contribution in [0.25, 0.3) is 0 Å². The van der Waals surface area contributed by atoms with Crippen LogP contribution in [0.15, 0.2) is 12.7 Å². The molecule has 3 nitrogen and oxygen atoms in total. The van der Waals surface area contributed by atoms with Crippen molar-refractivity contribution >= 4 is 5.91 Å². The second kappa shape index (κ2) is 5.81. The first-order valence-electron chi connectivity index (χ1n) is 5.36. The Bertz CT molecular complexity index is 197. The Hall–Kier alpha value is -0.830. The standard InChI is InChI=1S/C11H20N2O/c1-3-5-9(2)13-11(14)8-10-6-4-7-12-10/h3,9-10,12H,1,4-8H2,2H3,(H,13,14). The van der Waals surface area contributed by atoms with Gasteiger partial charge in [0, 0.05) is 18.5 Å². The van der Waals surface area contributed by atoms with E-state index in [1.807, 2.05) is 13.0 Å². The zero-order valence-electron chi connectivity index (χ0n) is 8.88. The number of amides is 1. The molecule has 1 fully saturated rings. The quantitative estimate of drug-likeness (QED) is 0.649. The summed E-state index contributed by atoms with van der Waals surface area (Å²) in [5.41, 5.74) is 0. The summed E-state index contributed by atoms with van der Waals surface area (Å²) in [4.78, 5) is 11.5. The fourth-order valence-corrected chi connectivity index (χ4v) is 1.80. The smallest absolute Gasteiger partial charge is 0.221 e. The van der Waals surface area contributed by atoms with Crippen molar-refractivity contribution in [3.8, 4) is 0 Å². The highest BCUT2D eigenvalue weighted by Crippen LogP contribution is 2.08. The van der Waals surface area contributed by atoms with Crippen LogP contribution in [0.5, 0.6) is 0 Å². The number of hydrogen-bond donors (Lipinski definition) is 2. The first-order chi connectivity index (χ1) is 6.72. The topological polar surface area (TPSA) is 41.1 Å². The van der Waals surface area contributed by atoms with Gasteiger partial charge >= 0.3 is 0 Å². The van der Waals surface area contributed by atoms with Gasteiger partial charge in [-0.2, -0.15) is 0 Å². The van der Waals surface area contributed by atoms with E-state index in [0.717, 1.165) is 19.4 Å². The van der Waals surface area contributed by atoms with Gasteiger partial charge in [-0.25, -0.2) is 0 Å². The van der Waals surface area contributed by atoms with Crippen molar-refractivity contribution in [2.45, 2.75) is 44.7 Å². The maximum Gasteiger partial charge on any atom is 0.221 e. The number of nitrogens with one attached hydrogen (secondary N) is 2. The van der Waals surface area contributed by atoms with E-state index in [4.69, 9.17) is 0 Å². The first-order valence-corrected chi connectivity index (χ1v) is 5.36. The van der Waals surface area contributed by atoms with Crippen LogP contribution in [0.4, 0.5) is 0 Å². The van der Waals surface area contributed by atoms with Crippen molar-refractivity contribution in [3.63, 3.8) is 0 Å². The second-order valence-corrected chi connectivity index (χ2v) is 3.99. The van der Waals surface area contributed by atoms with Crippen molar-refractivity contribution < 1.29 is 4.79 Å². The average Bonchev–Trinajstić information content (AvgIpc) is 2.56. The second-order valence-electron chi connectivity index (χ2n) is 3.99. The predicted octanol–water partition coefficient (Wildman–Crippen LogP) is 1.21. The molecular formula is C11H20N2O. The monoisotopic (exact) mass is 196 g/mol. The lowest BCUT2D eigenvalue weighted by molar-refractivity contribution is -0.122. The molecule has 1 rings (SSSR count). The fraction of sp³-hybridized carbons (Fsp3) is 0.727. The van der Waals surface area contributed by atoms with Crippen molar-refractivity contribution in [1.29, 1.82) is 0 Å². The summed E-state index contributed by atoms with van der Waals surface area (Å²) < 4.78 is 0. The molecule has 0 radical (unpaired) electrons. The first kappa shape index (κ1) is 11.2. The van der Waals surface area contributed by atoms with Crippen molar-refractivity contribution in [2.24, 2.45) is 0 Å². The van der Waals surface area contributed by atoms with Gasteiger partial charge in [0.05, 0.1) is 0 Å². The van der Waals surface area contributed by atoms with Gasteiger partial charge in [-0.1, -0.05) is 6.08 Å². The molecule has 1 saturated heterocycles. The number of carbonyl (C=O) groups excluding carboxylic acids is 1. The Morgan fingerprint density at radius 1 is 1.79 bits per heavy atom. The maximum absolute atomic E-state index is 11.5. The molecule has 1 heterocycles. The van der Waals surface area contributed by atoms with Gasteiger partial charge in [-0.05, 0) is 32.7 Å². The predicted molar refractivity (Wildman–Crippen MR) is 58.1 cm³/mol. The van der Waals surface area contributed by atoms with Crippen molar-refractivity contribution in [3.05, 3.63) is 12.7 Å². The zero-order chi connectivity index (χ0) is 10.4. The number of hydrogen-bond acceptors (Lipinski definition) is 2. The minimum absolute atomic E-state index is 0.152. The Balaban J connectivity index is 2.17. The van der Waals surface area contributed by atoms with Crippen LogP contribution >= 0.6 is 0 Å². The summed E-state index contributed by atoms with van der Waals surface area (Å²) in [6.07, 6.45) is 5.60. The lowest BCUT2D eigenvalue weighted by Gasteiger charge is -2.14. The molecule has 2 unspecified atom stereocenters. The van der Waals surface area contributed by atoms with Gasteiger partial charge < -0.3 is 10.6 Å². The van der Waals surface area contributed by atoms with E-state index < -0.39 is 0 Å². The van der Waals surface area contributed by atoms with E-state index in [0.29, 0.717) is 12.5 Å². The van der Waals surface area contributed by atoms with Crippen molar-refractivity contribution in [1.82, 2.24) is 10.6 Å². The molecule has 1 aliphatic rings. The Kier molecular flexibility index (Phi) is 4.66. The van der Waals surface area contributed by atoms with Gasteiger partial charge in [0.1, 0.15) is 0 Å². The maximum atomic E-state index is 11.5. The summed E-state index contributed by atoms with van der Waals surface area (Å²) in [6.45, 7) is 6.70. The van der Waals surface area contributed by atoms with Gasteiger partial charge in [-0.15, -0.1) is 6.58 Å². The molecule has 0 aromatic rings. The third-order valence-electron chi connectivity index (χ3n) is 2.52. The molecule has 0 aromatic carbocycles. The molecule has 0 spiro atoms. The Morgan fingerprint density at radius 3 is 3.14 bits per heavy atom. The number of rotatable bonds is 5. The van der Waals surface area contributed by atoms with Crippen LogP contribution in [0.1, 0.15) is 32.6 Å². The third-order valence-corrected chi connectivity index (χ3v) is 2.52. The molecule has 1 aliphatic heterocycles. The fourth-order valence-electron chi connectivity index (χ4n) is 1.80. The molecule has 80 valence electrons. The van der Waals surface area contributed by atoms with Crippen LogP contribution in [0.2, 0.25) is 0 Å². The highest BCUT2D eigenvalue weighted by atomic mass is 16.1. The summed E-state index contributed by atoms with van der Waals surface area (Å²) in [6, 6.07) is 0.604. The Morgan fingerprint density at radius 2 is 2.57 bits per heavy atom. The van der Waals surface area contributed by atoms with Crippen LogP contribution in [0, 0.1) is 0 Å². The summed E-state index contributed by atoms with van der Waals surface area (Å²) in [5, 5.41) is 6.27. The van der Waals surface area contributed by atoms with Gasteiger partial charge in [0.2, 0.25) is 5.91 Å². The molecule has 0 bridgehead atoms. The van der Waals surface area contributed by atoms with E-state index in [9.17, 15) is 4.79 Å². The molecule has 2 N–H and O–H groups in total. The van der Waals surface area contributed by atoms with Crippen LogP contribution in [-0.4, -0.2) is 24.5 Å². The summed E-state index contributed by atoms with van der Waals surface area (Å²) in [7, 11) is 0. The van der Waals surface area contributed by atoms with E-state index in [1.54, 1.807) is 0 Å². The minimum atomic E-state index is 0.152. The van der Waals surface area contributed by atoms with Gasteiger partial charge in [0.15, 0.2) is 0 Å². The van der Waals surface area contributed by atoms with Gasteiger partial charge in [-0.3, -0.25) is 4.79 Å². The molecule has 14 heavy (non-hydrogen) atoms. The lowest BCUT2D eigenvalue weighted by atomic mass is 10.1. The van der Waals surface area contributed by atoms with Gasteiger partial charge in [0.25, 0.3) is 0 Å². The molecule has 2 atom stereocenters. The normalized spacial score (nSPS) is 23.1. The molecule has 0 saturated carbocycles. The summed E-state index contributed by atoms with van der Waals surface area (Å²) in [5.74, 6) is 0.152. The van der Waals surface area contributed by atoms with Crippen LogP contribution in [0.3, 0.4) is 0 Å². The highest BCUT2D eigenvalue weighted by molar-refractivity contribution is 5.76. The highest BCUT2D eigenvalue weighted by Gasteiger charge is 2.17. The Labute approximate surface area is 86.0 Å². The minimum Gasteiger partial charge on any atom is -0.353 e. The zero-order valence-corrected chi connectivity index (χ0v) is 8.88. The van der Waals surface area contributed by atoms with Crippen LogP contribution in [-0.2, 0) is 4.79 Å². The molecule has 0 aliphatic carbocycles. The lowest BCUT2D eigenvalue weighted by Crippen LogP contribution is -2.36. The average molecular weight is 196 g/mol. The van der Waals surface area contributed by atoms with Crippen LogP contribution < -0.4 is 10.6 Å². The van der Waals surface area contributed by atoms with E-state index in [1.165, 1.54) is 6.42 Å². The summed E-state index contributed by atoms with van der Waals surface area (Å²) >= 11 is 0. The number of carbonyl (C=O) groups is 1. The van der Waals surface area contributed by atoms with E-state index in [-0.39, 0.29) is 11.9 Å². The van der Waals surface area contributed by atoms with E-state index in [2.05, 4.69) is 17.2 Å². The molecule has 3 heteroatoms. The largest absolute Gasteiger partial charge is 0.353 e.